The van der Waals surface area contributed by atoms with Gasteiger partial charge in [-0.3, -0.25) is 0 Å². The molecule has 0 aliphatic carbocycles. The number of unbranched alkanes of at least 4 members (excludes halogenated alkanes) is 1. The summed E-state index contributed by atoms with van der Waals surface area (Å²) in [5, 5.41) is 15.2. The molecule has 5 aromatic carbocycles. The van der Waals surface area contributed by atoms with Crippen LogP contribution in [0.15, 0.2) is 140 Å². The lowest BCUT2D eigenvalue weighted by atomic mass is 9.77. The van der Waals surface area contributed by atoms with E-state index in [4.69, 9.17) is 27.0 Å². The Bertz CT molecular complexity index is 2010. The number of nitrogens with zero attached hydrogens (tertiary/aromatic N) is 6. The van der Waals surface area contributed by atoms with E-state index in [9.17, 15) is 0 Å². The number of tetrazole rings is 1. The van der Waals surface area contributed by atoms with Gasteiger partial charge in [-0.25, -0.2) is 4.98 Å². The molecule has 0 N–H and O–H groups in total. The molecule has 0 amide bonds. The number of rotatable bonds is 11. The first-order valence-corrected chi connectivity index (χ1v) is 16.8. The molecule has 0 aliphatic heterocycles. The Morgan fingerprint density at radius 1 is 0.667 bits per heavy atom. The third-order valence-corrected chi connectivity index (χ3v) is 9.42. The predicted octanol–water partition coefficient (Wildman–Crippen LogP) is 9.40. The predicted molar refractivity (Wildman–Crippen MR) is 193 cm³/mol. The van der Waals surface area contributed by atoms with E-state index in [2.05, 4.69) is 132 Å². The standard InChI is InChI=1S/C41H37ClN6/c1-3-4-24-38-43-39(42)30(2)47(38)29-31-25-27-32(28-26-31)36-22-14-15-23-37(36)40-44-46-48(45-40)41(33-16-8-5-9-17-33,34-18-10-6-11-19-34)35-20-12-7-13-21-35/h5-23,25-28H,3-4,24,29H2,1-2H3. The van der Waals surface area contributed by atoms with Gasteiger partial charge in [0, 0.05) is 18.5 Å². The average Bonchev–Trinajstić information content (AvgIpc) is 3.74. The van der Waals surface area contributed by atoms with Gasteiger partial charge in [-0.15, -0.1) is 15.0 Å². The van der Waals surface area contributed by atoms with Gasteiger partial charge in [-0.1, -0.05) is 164 Å². The summed E-state index contributed by atoms with van der Waals surface area (Å²) in [5.41, 5.74) is 7.52. The Kier molecular flexibility index (Phi) is 8.99. The molecular weight excluding hydrogens is 612 g/mol. The number of aromatic nitrogens is 6. The number of aryl methyl sites for hydroxylation is 1. The maximum Gasteiger partial charge on any atom is 0.205 e. The quantitative estimate of drug-likeness (QED) is 0.131. The van der Waals surface area contributed by atoms with Crippen LogP contribution in [0.1, 0.15) is 53.5 Å². The molecule has 0 fully saturated rings. The fourth-order valence-electron chi connectivity index (χ4n) is 6.55. The lowest BCUT2D eigenvalue weighted by Crippen LogP contribution is -2.39. The Hall–Kier alpha value is -5.33. The molecule has 2 heterocycles. The van der Waals surface area contributed by atoms with Crippen molar-refractivity contribution in [1.29, 1.82) is 0 Å². The van der Waals surface area contributed by atoms with Crippen LogP contribution in [0, 0.1) is 6.92 Å². The Balaban J connectivity index is 1.28. The minimum Gasteiger partial charge on any atom is -0.326 e. The van der Waals surface area contributed by atoms with Crippen molar-refractivity contribution in [2.45, 2.75) is 45.2 Å². The first kappa shape index (κ1) is 31.3. The summed E-state index contributed by atoms with van der Waals surface area (Å²) in [4.78, 5) is 6.41. The zero-order valence-electron chi connectivity index (χ0n) is 27.2. The van der Waals surface area contributed by atoms with Crippen molar-refractivity contribution in [2.75, 3.05) is 0 Å². The topological polar surface area (TPSA) is 61.4 Å². The van der Waals surface area contributed by atoms with Crippen LogP contribution in [0.3, 0.4) is 0 Å². The summed E-state index contributed by atoms with van der Waals surface area (Å²) in [6.07, 6.45) is 3.12. The van der Waals surface area contributed by atoms with E-state index in [1.54, 1.807) is 4.80 Å². The molecule has 0 unspecified atom stereocenters. The van der Waals surface area contributed by atoms with E-state index in [0.717, 1.165) is 70.7 Å². The molecular formula is C41H37ClN6. The fourth-order valence-corrected chi connectivity index (χ4v) is 6.75. The minimum atomic E-state index is -0.837. The first-order chi connectivity index (χ1) is 23.6. The molecule has 0 atom stereocenters. The molecule has 238 valence electrons. The molecule has 7 aromatic rings. The monoisotopic (exact) mass is 648 g/mol. The Labute approximate surface area is 286 Å². The van der Waals surface area contributed by atoms with Crippen LogP contribution in [-0.2, 0) is 18.5 Å². The zero-order chi connectivity index (χ0) is 32.9. The summed E-state index contributed by atoms with van der Waals surface area (Å²) in [5.74, 6) is 1.60. The van der Waals surface area contributed by atoms with Crippen molar-refractivity contribution >= 4 is 11.6 Å². The average molecular weight is 649 g/mol. The van der Waals surface area contributed by atoms with Crippen LogP contribution in [0.5, 0.6) is 0 Å². The van der Waals surface area contributed by atoms with Gasteiger partial charge in [0.2, 0.25) is 5.82 Å². The van der Waals surface area contributed by atoms with E-state index >= 15 is 0 Å². The maximum absolute atomic E-state index is 6.44. The van der Waals surface area contributed by atoms with Crippen molar-refractivity contribution in [3.63, 3.8) is 0 Å². The van der Waals surface area contributed by atoms with Gasteiger partial charge >= 0.3 is 0 Å². The summed E-state index contributed by atoms with van der Waals surface area (Å²) in [6.45, 7) is 4.96. The van der Waals surface area contributed by atoms with E-state index in [1.807, 2.05) is 31.2 Å². The molecule has 2 aromatic heterocycles. The molecule has 0 spiro atoms. The van der Waals surface area contributed by atoms with Gasteiger partial charge < -0.3 is 4.57 Å². The van der Waals surface area contributed by atoms with E-state index in [-0.39, 0.29) is 0 Å². The Morgan fingerprint density at radius 3 is 1.77 bits per heavy atom. The van der Waals surface area contributed by atoms with Crippen molar-refractivity contribution in [3.05, 3.63) is 178 Å². The van der Waals surface area contributed by atoms with Gasteiger partial charge in [-0.2, -0.15) is 0 Å². The molecule has 6 nitrogen and oxygen atoms in total. The SMILES string of the molecule is CCCCc1nc(Cl)c(C)n1Cc1ccc(-c2ccccc2-c2nnn(C(c3ccccc3)(c3ccccc3)c3ccccc3)n2)cc1. The second-order valence-corrected chi connectivity index (χ2v) is 12.4. The molecule has 0 bridgehead atoms. The largest absolute Gasteiger partial charge is 0.326 e. The van der Waals surface area contributed by atoms with Crippen molar-refractivity contribution < 1.29 is 0 Å². The van der Waals surface area contributed by atoms with Crippen LogP contribution in [-0.4, -0.2) is 29.8 Å². The van der Waals surface area contributed by atoms with Crippen molar-refractivity contribution in [2.24, 2.45) is 0 Å². The highest BCUT2D eigenvalue weighted by molar-refractivity contribution is 6.30. The third kappa shape index (κ3) is 5.84. The number of halogens is 1. The highest BCUT2D eigenvalue weighted by Gasteiger charge is 2.41. The number of benzene rings is 5. The van der Waals surface area contributed by atoms with E-state index in [0.29, 0.717) is 11.0 Å². The van der Waals surface area contributed by atoms with Gasteiger partial charge in [0.25, 0.3) is 0 Å². The van der Waals surface area contributed by atoms with Crippen LogP contribution >= 0.6 is 11.6 Å². The highest BCUT2D eigenvalue weighted by Crippen LogP contribution is 2.40. The van der Waals surface area contributed by atoms with E-state index in [1.165, 1.54) is 5.56 Å². The maximum atomic E-state index is 6.44. The molecule has 48 heavy (non-hydrogen) atoms. The molecule has 0 radical (unpaired) electrons. The van der Waals surface area contributed by atoms with Gasteiger partial charge in [-0.05, 0) is 51.9 Å². The number of hydrogen-bond acceptors (Lipinski definition) is 4. The second kappa shape index (κ2) is 13.8. The second-order valence-electron chi connectivity index (χ2n) is 12.0. The van der Waals surface area contributed by atoms with Gasteiger partial charge in [0.1, 0.15) is 11.0 Å². The van der Waals surface area contributed by atoms with Crippen LogP contribution in [0.2, 0.25) is 5.15 Å². The number of hydrogen-bond donors (Lipinski definition) is 0. The summed E-state index contributed by atoms with van der Waals surface area (Å²) in [7, 11) is 0. The van der Waals surface area contributed by atoms with Crippen molar-refractivity contribution in [3.8, 4) is 22.5 Å². The van der Waals surface area contributed by atoms with Gasteiger partial charge in [0.15, 0.2) is 5.54 Å². The Morgan fingerprint density at radius 2 is 1.21 bits per heavy atom. The molecule has 0 aliphatic rings. The highest BCUT2D eigenvalue weighted by atomic mass is 35.5. The lowest BCUT2D eigenvalue weighted by molar-refractivity contribution is 0.396. The summed E-state index contributed by atoms with van der Waals surface area (Å²) >= 11 is 6.44. The number of imidazole rings is 1. The lowest BCUT2D eigenvalue weighted by Gasteiger charge is -2.34. The smallest absolute Gasteiger partial charge is 0.205 e. The van der Waals surface area contributed by atoms with Crippen LogP contribution in [0.4, 0.5) is 0 Å². The zero-order valence-corrected chi connectivity index (χ0v) is 27.9. The molecule has 0 saturated carbocycles. The first-order valence-electron chi connectivity index (χ1n) is 16.5. The molecule has 7 heteroatoms. The minimum absolute atomic E-state index is 0.561. The fraction of sp³-hybridized carbons (Fsp3) is 0.171. The summed E-state index contributed by atoms with van der Waals surface area (Å²) < 4.78 is 2.24. The van der Waals surface area contributed by atoms with Crippen LogP contribution in [0.25, 0.3) is 22.5 Å². The third-order valence-electron chi connectivity index (χ3n) is 9.06. The summed E-state index contributed by atoms with van der Waals surface area (Å²) in [6, 6.07) is 48.2. The van der Waals surface area contributed by atoms with Crippen molar-refractivity contribution in [1.82, 2.24) is 29.8 Å². The van der Waals surface area contributed by atoms with Crippen LogP contribution < -0.4 is 0 Å². The normalized spacial score (nSPS) is 11.6. The van der Waals surface area contributed by atoms with Gasteiger partial charge in [0.05, 0.1) is 5.69 Å². The molecule has 7 rings (SSSR count). The molecule has 0 saturated heterocycles. The van der Waals surface area contributed by atoms with E-state index < -0.39 is 5.54 Å².